The van der Waals surface area contributed by atoms with Crippen molar-refractivity contribution in [1.29, 1.82) is 0 Å². The average Bonchev–Trinajstić information content (AvgIpc) is 2.33. The summed E-state index contributed by atoms with van der Waals surface area (Å²) in [6.07, 6.45) is 5.71. The monoisotopic (exact) mass is 298 g/mol. The molecule has 0 aliphatic heterocycles. The van der Waals surface area contributed by atoms with Crippen molar-refractivity contribution in [1.82, 2.24) is 4.98 Å². The maximum atomic E-state index is 12.0. The first-order chi connectivity index (χ1) is 8.19. The van der Waals surface area contributed by atoms with Crippen LogP contribution in [0.25, 0.3) is 0 Å². The molecule has 1 aromatic heterocycles. The summed E-state index contributed by atoms with van der Waals surface area (Å²) in [5, 5.41) is 2.87. The number of nitrogens with one attached hydrogen (secondary N) is 1. The lowest BCUT2D eigenvalue weighted by atomic mass is 9.98. The van der Waals surface area contributed by atoms with Crippen LogP contribution in [0.4, 0.5) is 5.82 Å². The number of pyridine rings is 1. The molecule has 0 aliphatic rings. The zero-order chi connectivity index (χ0) is 12.7. The van der Waals surface area contributed by atoms with Crippen molar-refractivity contribution in [3.63, 3.8) is 0 Å². The summed E-state index contributed by atoms with van der Waals surface area (Å²) in [6.45, 7) is 4.19. The van der Waals surface area contributed by atoms with Gasteiger partial charge in [-0.15, -0.1) is 0 Å². The summed E-state index contributed by atoms with van der Waals surface area (Å²) in [5.41, 5.74) is 0. The Hall–Kier alpha value is -0.900. The van der Waals surface area contributed by atoms with Gasteiger partial charge in [0.2, 0.25) is 5.91 Å². The minimum Gasteiger partial charge on any atom is -0.310 e. The van der Waals surface area contributed by atoms with E-state index in [0.717, 1.165) is 30.2 Å². The van der Waals surface area contributed by atoms with Crippen molar-refractivity contribution in [2.45, 2.75) is 39.5 Å². The first-order valence-corrected chi connectivity index (χ1v) is 6.89. The highest BCUT2D eigenvalue weighted by atomic mass is 79.9. The van der Waals surface area contributed by atoms with Crippen LogP contribution in [0.15, 0.2) is 22.8 Å². The molecule has 4 heteroatoms. The fraction of sp³-hybridized carbons (Fsp3) is 0.538. The third-order valence-corrected chi connectivity index (χ3v) is 3.41. The Morgan fingerprint density at radius 2 is 2.29 bits per heavy atom. The summed E-state index contributed by atoms with van der Waals surface area (Å²) in [7, 11) is 0. The number of amides is 1. The molecule has 1 rings (SSSR count). The Balaban J connectivity index is 2.61. The molecule has 0 spiro atoms. The lowest BCUT2D eigenvalue weighted by Crippen LogP contribution is -2.23. The second-order valence-electron chi connectivity index (χ2n) is 4.07. The van der Waals surface area contributed by atoms with Crippen LogP contribution in [-0.2, 0) is 4.79 Å². The van der Waals surface area contributed by atoms with Gasteiger partial charge in [-0.25, -0.2) is 4.98 Å². The Labute approximate surface area is 111 Å². The van der Waals surface area contributed by atoms with E-state index in [2.05, 4.69) is 33.2 Å². The van der Waals surface area contributed by atoms with Gasteiger partial charge in [0, 0.05) is 12.1 Å². The van der Waals surface area contributed by atoms with E-state index >= 15 is 0 Å². The predicted octanol–water partition coefficient (Wildman–Crippen LogP) is 4.00. The van der Waals surface area contributed by atoms with E-state index in [0.29, 0.717) is 5.82 Å². The average molecular weight is 299 g/mol. The number of nitrogens with zero attached hydrogens (tertiary/aromatic N) is 1. The SMILES string of the molecule is CCCCC(CC)C(=O)Nc1ncccc1Br. The smallest absolute Gasteiger partial charge is 0.228 e. The van der Waals surface area contributed by atoms with Crippen molar-refractivity contribution < 1.29 is 4.79 Å². The summed E-state index contributed by atoms with van der Waals surface area (Å²) in [4.78, 5) is 16.2. The van der Waals surface area contributed by atoms with E-state index in [1.54, 1.807) is 6.20 Å². The fourth-order valence-electron chi connectivity index (χ4n) is 1.67. The van der Waals surface area contributed by atoms with Gasteiger partial charge in [-0.3, -0.25) is 4.79 Å². The topological polar surface area (TPSA) is 42.0 Å². The molecule has 1 heterocycles. The van der Waals surface area contributed by atoms with Crippen LogP contribution in [0.1, 0.15) is 39.5 Å². The quantitative estimate of drug-likeness (QED) is 0.862. The zero-order valence-corrected chi connectivity index (χ0v) is 12.0. The van der Waals surface area contributed by atoms with Crippen molar-refractivity contribution >= 4 is 27.7 Å². The van der Waals surface area contributed by atoms with Crippen LogP contribution in [0.3, 0.4) is 0 Å². The van der Waals surface area contributed by atoms with E-state index in [1.165, 1.54) is 0 Å². The van der Waals surface area contributed by atoms with Gasteiger partial charge in [0.1, 0.15) is 5.82 Å². The fourth-order valence-corrected chi connectivity index (χ4v) is 2.02. The molecule has 0 saturated heterocycles. The van der Waals surface area contributed by atoms with Crippen LogP contribution < -0.4 is 5.32 Å². The third-order valence-electron chi connectivity index (χ3n) is 2.77. The molecule has 1 N–H and O–H groups in total. The first kappa shape index (κ1) is 14.2. The van der Waals surface area contributed by atoms with Crippen LogP contribution in [0.5, 0.6) is 0 Å². The lowest BCUT2D eigenvalue weighted by Gasteiger charge is -2.14. The highest BCUT2D eigenvalue weighted by Crippen LogP contribution is 2.21. The van der Waals surface area contributed by atoms with Crippen LogP contribution in [-0.4, -0.2) is 10.9 Å². The summed E-state index contributed by atoms with van der Waals surface area (Å²) < 4.78 is 0.818. The van der Waals surface area contributed by atoms with Crippen LogP contribution in [0.2, 0.25) is 0 Å². The molecule has 17 heavy (non-hydrogen) atoms. The number of carbonyl (C=O) groups is 1. The van der Waals surface area contributed by atoms with Gasteiger partial charge in [0.15, 0.2) is 0 Å². The molecular weight excluding hydrogens is 280 g/mol. The number of rotatable bonds is 6. The second-order valence-corrected chi connectivity index (χ2v) is 4.92. The Bertz CT molecular complexity index is 368. The molecule has 1 unspecified atom stereocenters. The Kier molecular flexibility index (Phi) is 6.19. The molecule has 0 aliphatic carbocycles. The van der Waals surface area contributed by atoms with Crippen molar-refractivity contribution in [2.75, 3.05) is 5.32 Å². The van der Waals surface area contributed by atoms with Gasteiger partial charge in [-0.2, -0.15) is 0 Å². The highest BCUT2D eigenvalue weighted by molar-refractivity contribution is 9.10. The largest absolute Gasteiger partial charge is 0.310 e. The molecule has 0 aromatic carbocycles. The molecule has 1 atom stereocenters. The standard InChI is InChI=1S/C13H19BrN2O/c1-3-5-7-10(4-2)13(17)16-12-11(14)8-6-9-15-12/h6,8-10H,3-5,7H2,1-2H3,(H,15,16,17). The van der Waals surface area contributed by atoms with Gasteiger partial charge < -0.3 is 5.32 Å². The van der Waals surface area contributed by atoms with Gasteiger partial charge in [0.05, 0.1) is 4.47 Å². The van der Waals surface area contributed by atoms with Gasteiger partial charge in [-0.1, -0.05) is 26.7 Å². The van der Waals surface area contributed by atoms with Crippen molar-refractivity contribution in [2.24, 2.45) is 5.92 Å². The first-order valence-electron chi connectivity index (χ1n) is 6.10. The highest BCUT2D eigenvalue weighted by Gasteiger charge is 2.16. The summed E-state index contributed by atoms with van der Waals surface area (Å²) >= 11 is 3.37. The van der Waals surface area contributed by atoms with E-state index in [4.69, 9.17) is 0 Å². The maximum absolute atomic E-state index is 12.0. The molecule has 0 fully saturated rings. The molecule has 1 aromatic rings. The van der Waals surface area contributed by atoms with E-state index in [9.17, 15) is 4.79 Å². The minimum absolute atomic E-state index is 0.0698. The molecule has 0 radical (unpaired) electrons. The summed E-state index contributed by atoms with van der Waals surface area (Å²) in [6, 6.07) is 3.70. The molecule has 0 bridgehead atoms. The number of unbranched alkanes of at least 4 members (excludes halogenated alkanes) is 1. The van der Waals surface area contributed by atoms with Crippen molar-refractivity contribution in [3.05, 3.63) is 22.8 Å². The molecular formula is C13H19BrN2O. The van der Waals surface area contributed by atoms with E-state index in [-0.39, 0.29) is 11.8 Å². The number of aromatic nitrogens is 1. The number of hydrogen-bond donors (Lipinski definition) is 1. The molecule has 1 amide bonds. The van der Waals surface area contributed by atoms with Gasteiger partial charge >= 0.3 is 0 Å². The number of hydrogen-bond acceptors (Lipinski definition) is 2. The van der Waals surface area contributed by atoms with Crippen LogP contribution in [0, 0.1) is 5.92 Å². The van der Waals surface area contributed by atoms with Gasteiger partial charge in [-0.05, 0) is 40.9 Å². The van der Waals surface area contributed by atoms with Crippen LogP contribution >= 0.6 is 15.9 Å². The Morgan fingerprint density at radius 3 is 2.88 bits per heavy atom. The van der Waals surface area contributed by atoms with E-state index < -0.39 is 0 Å². The third kappa shape index (κ3) is 4.46. The maximum Gasteiger partial charge on any atom is 0.228 e. The number of halogens is 1. The number of carbonyl (C=O) groups excluding carboxylic acids is 1. The zero-order valence-electron chi connectivity index (χ0n) is 10.4. The predicted molar refractivity (Wildman–Crippen MR) is 73.9 cm³/mol. The summed E-state index contributed by atoms with van der Waals surface area (Å²) in [5.74, 6) is 0.761. The normalized spacial score (nSPS) is 12.2. The van der Waals surface area contributed by atoms with Crippen molar-refractivity contribution in [3.8, 4) is 0 Å². The lowest BCUT2D eigenvalue weighted by molar-refractivity contribution is -0.120. The number of anilines is 1. The van der Waals surface area contributed by atoms with Gasteiger partial charge in [0.25, 0.3) is 0 Å². The Morgan fingerprint density at radius 1 is 1.53 bits per heavy atom. The van der Waals surface area contributed by atoms with E-state index in [1.807, 2.05) is 19.1 Å². The molecule has 0 saturated carbocycles. The second kappa shape index (κ2) is 7.43. The minimum atomic E-state index is 0.0698. The molecule has 94 valence electrons. The molecule has 3 nitrogen and oxygen atoms in total.